The molecule has 4 heterocycles. The molecule has 0 aliphatic carbocycles. The molecule has 0 saturated heterocycles. The monoisotopic (exact) mass is 2030 g/mol. The highest BCUT2D eigenvalue weighted by Gasteiger charge is 2.45. The summed E-state index contributed by atoms with van der Waals surface area (Å²) in [4.78, 5) is 122. The fourth-order valence-electron chi connectivity index (χ4n) is 17.0. The zero-order valence-corrected chi connectivity index (χ0v) is 81.5. The Balaban J connectivity index is 0.000000157. The van der Waals surface area contributed by atoms with E-state index >= 15 is 0 Å². The molecule has 4 atom stereocenters. The van der Waals surface area contributed by atoms with Gasteiger partial charge in [0.2, 0.25) is 23.6 Å². The number of hydrogen-bond donors (Lipinski definition) is 4. The van der Waals surface area contributed by atoms with Gasteiger partial charge in [0.25, 0.3) is 0 Å². The van der Waals surface area contributed by atoms with Crippen molar-refractivity contribution in [3.63, 3.8) is 0 Å². The highest BCUT2D eigenvalue weighted by Crippen LogP contribution is 2.47. The largest absolute Gasteiger partial charge is 0.419 e. The van der Waals surface area contributed by atoms with Gasteiger partial charge in [0, 0.05) is 173 Å². The van der Waals surface area contributed by atoms with Crippen molar-refractivity contribution in [2.24, 2.45) is 20.6 Å². The van der Waals surface area contributed by atoms with Crippen molar-refractivity contribution in [1.82, 2.24) is 21.3 Å². The Morgan fingerprint density at radius 1 is 0.329 bits per heavy atom. The summed E-state index contributed by atoms with van der Waals surface area (Å²) in [7, 11) is 0. The van der Waals surface area contributed by atoms with Crippen LogP contribution in [0.2, 0.25) is 30.1 Å². The molecule has 34 heteroatoms. The Hall–Kier alpha value is -12.7. The van der Waals surface area contributed by atoms with E-state index in [0.717, 1.165) is 77.8 Å². The second-order valence-electron chi connectivity index (χ2n) is 34.7. The summed E-state index contributed by atoms with van der Waals surface area (Å²) in [6, 6.07) is 59.8. The molecular formula is C106H94Cl6F8N8O12. The molecule has 140 heavy (non-hydrogen) atoms. The van der Waals surface area contributed by atoms with Crippen LogP contribution in [0.15, 0.2) is 227 Å². The lowest BCUT2D eigenvalue weighted by Crippen LogP contribution is -2.33. The van der Waals surface area contributed by atoms with Gasteiger partial charge in [-0.05, 0) is 164 Å². The van der Waals surface area contributed by atoms with Crippen LogP contribution >= 0.6 is 69.6 Å². The summed E-state index contributed by atoms with van der Waals surface area (Å²) in [5, 5.41) is 34.2. The number of fused-ring (bicyclic) bond motifs is 4. The van der Waals surface area contributed by atoms with Gasteiger partial charge in [-0.2, -0.15) is 26.3 Å². The molecule has 16 rings (SSSR count). The average Bonchev–Trinajstić information content (AvgIpc) is 1.58. The maximum absolute atomic E-state index is 14.1. The summed E-state index contributed by atoms with van der Waals surface area (Å²) >= 11 is 36.4. The first-order valence-corrected chi connectivity index (χ1v) is 47.0. The van der Waals surface area contributed by atoms with Crippen LogP contribution in [0.4, 0.5) is 35.1 Å². The van der Waals surface area contributed by atoms with E-state index < -0.39 is 69.4 Å². The molecule has 0 radical (unpaired) electrons. The van der Waals surface area contributed by atoms with Crippen molar-refractivity contribution >= 4 is 182 Å². The molecule has 0 fully saturated rings. The highest BCUT2D eigenvalue weighted by molar-refractivity contribution is 6.36. The molecule has 4 N–H and O–H groups in total. The number of aryl methyl sites for hydroxylation is 1. The van der Waals surface area contributed by atoms with Gasteiger partial charge in [0.05, 0.1) is 43.5 Å². The zero-order chi connectivity index (χ0) is 101. The quantitative estimate of drug-likeness (QED) is 0.0202. The topological polar surface area (TPSA) is 271 Å². The van der Waals surface area contributed by atoms with Crippen molar-refractivity contribution in [3.05, 3.63) is 326 Å². The van der Waals surface area contributed by atoms with Gasteiger partial charge in [0.1, 0.15) is 6.54 Å². The predicted octanol–water partition coefficient (Wildman–Crippen LogP) is 26.0. The number of nitrogens with one attached hydrogen (secondary N) is 4. The first-order valence-electron chi connectivity index (χ1n) is 44.7. The third-order valence-corrected chi connectivity index (χ3v) is 25.7. The smallest absolute Gasteiger partial charge is 0.384 e. The molecule has 0 spiro atoms. The normalized spacial score (nSPS) is 17.5. The molecule has 12 aromatic rings. The van der Waals surface area contributed by atoms with E-state index in [1.54, 1.807) is 92.0 Å². The number of ketones is 4. The summed E-state index contributed by atoms with van der Waals surface area (Å²) in [5.74, 6) is -4.19. The molecular weight excluding hydrogens is 1940 g/mol. The SMILES string of the molecule is CCNC(=O)CCC(=O)c1ccc(C2=NOC(C)(c3cc(Cl)c(F)c(C(F)(F)F)c3)C2)c2ccccc12.CCNC(=O)CCC(=O)c1ccc(C2=NOC(C)(c3cc(Cl)c(F)c(Cl)c3)C2)c2ccccc12.CCNC(=O)CCC(=O)c1ccc(C2=NOC(C)(c3cc(Cl)cc(Cl)c3)C2)c2ccccc12.Cc1cc(Cl)cc(C2(C)CC(c3ccc(C(=O)CCC(=O)NCC(F)(F)F)c4ccccc34)=NO2)c1. The second kappa shape index (κ2) is 44.4. The summed E-state index contributed by atoms with van der Waals surface area (Å²) in [6.45, 7) is 14.9. The van der Waals surface area contributed by atoms with Gasteiger partial charge in [0.15, 0.2) is 57.2 Å². The van der Waals surface area contributed by atoms with E-state index in [1.807, 2.05) is 151 Å². The van der Waals surface area contributed by atoms with Gasteiger partial charge >= 0.3 is 12.4 Å². The van der Waals surface area contributed by atoms with Crippen LogP contribution in [0.1, 0.15) is 223 Å². The standard InChI is InChI=1S/C27H23ClF4N2O3.C27H24ClF3N2O3.C26H23Cl2FN2O3.C26H24Cl2N2O3/c1-3-33-24(36)11-10-23(35)19-9-8-18(16-6-4-5-7-17(16)19)22-14-26(2,37-34-22)15-12-20(27(30,31)32)25(29)21(28)13-15;1-16-11-17(13-18(28)12-16)26(2)14-23(33-36-26)21-7-8-22(20-6-4-3-5-19(20)21)24(34)9-10-25(35)32-15-27(29,30)31;1-3-30-24(33)11-10-23(32)19-9-8-18(16-6-4-5-7-17(16)19)22-14-26(2,34-31-22)15-12-20(27)25(29)21(28)13-15;1-3-29-25(32)11-10-24(31)22-9-8-21(19-6-4-5-7-20(19)22)23-15-26(2,33-30-23)16-12-17(27)14-18(28)13-16/h4-9,12-13H,3,10-11,14H2,1-2H3,(H,33,36);3-8,11-13H,9-10,14-15H2,1-2H3,(H,32,35);4-9,12-13H,3,10-11,14H2,1-2H3,(H,30,33);4-9,12-14H,3,10-11,15H2,1-2H3,(H,29,32). The molecule has 728 valence electrons. The van der Waals surface area contributed by atoms with Crippen LogP contribution in [-0.4, -0.2) is 102 Å². The molecule has 0 saturated carbocycles. The molecule has 4 unspecified atom stereocenters. The predicted molar refractivity (Wildman–Crippen MR) is 529 cm³/mol. The van der Waals surface area contributed by atoms with Crippen molar-refractivity contribution in [2.75, 3.05) is 26.2 Å². The maximum atomic E-state index is 14.1. The third-order valence-electron chi connectivity index (χ3n) is 24.2. The number of hydrogen-bond acceptors (Lipinski definition) is 16. The lowest BCUT2D eigenvalue weighted by molar-refractivity contribution is -0.140. The van der Waals surface area contributed by atoms with Gasteiger partial charge in [-0.1, -0.05) is 242 Å². The van der Waals surface area contributed by atoms with Crippen LogP contribution in [0, 0.1) is 18.6 Å². The number of alkyl halides is 6. The minimum absolute atomic E-state index is 0.0337. The van der Waals surface area contributed by atoms with E-state index in [4.69, 9.17) is 89.0 Å². The van der Waals surface area contributed by atoms with Crippen molar-refractivity contribution in [3.8, 4) is 0 Å². The number of amides is 4. The van der Waals surface area contributed by atoms with Crippen LogP contribution in [0.25, 0.3) is 43.1 Å². The number of benzene rings is 12. The van der Waals surface area contributed by atoms with Gasteiger partial charge < -0.3 is 40.6 Å². The molecule has 0 bridgehead atoms. The molecule has 4 aliphatic heterocycles. The molecule has 20 nitrogen and oxygen atoms in total. The Morgan fingerprint density at radius 3 is 0.864 bits per heavy atom. The van der Waals surface area contributed by atoms with Crippen molar-refractivity contribution < 1.29 is 92.8 Å². The Morgan fingerprint density at radius 2 is 0.586 bits per heavy atom. The number of oxime groups is 4. The van der Waals surface area contributed by atoms with Gasteiger partial charge in [-0.15, -0.1) is 0 Å². The molecule has 4 amide bonds. The van der Waals surface area contributed by atoms with Gasteiger partial charge in [-0.25, -0.2) is 8.78 Å². The summed E-state index contributed by atoms with van der Waals surface area (Å²) in [5.41, 5.74) is 6.17. The van der Waals surface area contributed by atoms with E-state index in [2.05, 4.69) is 36.6 Å². The number of rotatable bonds is 28. The fourth-order valence-corrected chi connectivity index (χ4v) is 18.5. The van der Waals surface area contributed by atoms with Crippen molar-refractivity contribution in [2.45, 2.75) is 167 Å². The van der Waals surface area contributed by atoms with Crippen LogP contribution in [-0.2, 0) is 67.1 Å². The second-order valence-corrected chi connectivity index (χ2v) is 37.2. The summed E-state index contributed by atoms with van der Waals surface area (Å²) < 4.78 is 105. The van der Waals surface area contributed by atoms with Gasteiger partial charge in [-0.3, -0.25) is 38.4 Å². The Labute approximate surface area is 830 Å². The minimum atomic E-state index is -4.93. The minimum Gasteiger partial charge on any atom is -0.384 e. The fraction of sp³-hybridized carbons (Fsp3) is 0.283. The van der Waals surface area contributed by atoms with Crippen molar-refractivity contribution in [1.29, 1.82) is 0 Å². The van der Waals surface area contributed by atoms with Crippen LogP contribution in [0.5, 0.6) is 0 Å². The lowest BCUT2D eigenvalue weighted by Gasteiger charge is -2.24. The van der Waals surface area contributed by atoms with E-state index in [-0.39, 0.29) is 114 Å². The number of carbonyl (C=O) groups excluding carboxylic acids is 8. The average molecular weight is 2040 g/mol. The highest BCUT2D eigenvalue weighted by atomic mass is 35.5. The number of halogens is 14. The van der Waals surface area contributed by atoms with E-state index in [0.29, 0.717) is 121 Å². The third kappa shape index (κ3) is 24.6. The number of Topliss-reactive ketones (excluding diaryl/α,β-unsaturated/α-hetero) is 4. The first kappa shape index (κ1) is 105. The maximum Gasteiger partial charge on any atom is 0.419 e. The molecule has 12 aromatic carbocycles. The summed E-state index contributed by atoms with van der Waals surface area (Å²) in [6.07, 6.45) is -7.75. The van der Waals surface area contributed by atoms with Crippen LogP contribution in [0.3, 0.4) is 0 Å². The van der Waals surface area contributed by atoms with E-state index in [9.17, 15) is 73.5 Å². The number of carbonyl (C=O) groups is 8. The lowest BCUT2D eigenvalue weighted by atomic mass is 9.86. The van der Waals surface area contributed by atoms with Crippen LogP contribution < -0.4 is 21.3 Å². The Kier molecular flexibility index (Phi) is 33.2. The number of nitrogens with zero attached hydrogens (tertiary/aromatic N) is 4. The molecule has 4 aliphatic rings. The zero-order valence-electron chi connectivity index (χ0n) is 76.9. The first-order chi connectivity index (χ1) is 66.4. The van der Waals surface area contributed by atoms with E-state index in [1.165, 1.54) is 12.1 Å². The Bertz CT molecular complexity index is 6970. The molecule has 0 aromatic heterocycles.